The second-order valence-corrected chi connectivity index (χ2v) is 8.85. The van der Waals surface area contributed by atoms with E-state index < -0.39 is 17.5 Å². The molecular weight excluding hydrogens is 466 g/mol. The Bertz CT molecular complexity index is 1290. The second kappa shape index (κ2) is 11.1. The molecule has 0 aliphatic heterocycles. The number of aryl methyl sites for hydroxylation is 1. The standard InChI is InChI=1S/C26H31N3O7/c1-6-13-28-22(27-29(25(28)33)15-18-9-7-17(2)8-10-18)16-35-23(30)19-11-12-20(21(14-19)34-5)36-26(3,4)24(31)32/h7-12,14H,6,13,15-16H2,1-5H3,(H,31,32). The molecule has 0 saturated carbocycles. The number of rotatable bonds is 11. The number of hydrogen-bond donors (Lipinski definition) is 1. The maximum atomic E-state index is 12.9. The summed E-state index contributed by atoms with van der Waals surface area (Å²) in [6.07, 6.45) is 0.711. The average Bonchev–Trinajstić information content (AvgIpc) is 3.13. The molecule has 2 aromatic carbocycles. The normalized spacial score (nSPS) is 11.2. The van der Waals surface area contributed by atoms with Crippen LogP contribution in [0, 0.1) is 6.92 Å². The second-order valence-electron chi connectivity index (χ2n) is 8.85. The van der Waals surface area contributed by atoms with Gasteiger partial charge in [0.1, 0.15) is 0 Å². The minimum atomic E-state index is -1.49. The molecule has 0 unspecified atom stereocenters. The first-order chi connectivity index (χ1) is 17.1. The van der Waals surface area contributed by atoms with E-state index in [9.17, 15) is 19.5 Å². The number of aromatic nitrogens is 3. The van der Waals surface area contributed by atoms with Crippen molar-refractivity contribution >= 4 is 11.9 Å². The third-order valence-electron chi connectivity index (χ3n) is 5.51. The largest absolute Gasteiger partial charge is 0.493 e. The Morgan fingerprint density at radius 2 is 1.78 bits per heavy atom. The SMILES string of the molecule is CCCn1c(COC(=O)c2ccc(OC(C)(C)C(=O)O)c(OC)c2)nn(Cc2ccc(C)cc2)c1=O. The zero-order valence-electron chi connectivity index (χ0n) is 21.1. The van der Waals surface area contributed by atoms with E-state index >= 15 is 0 Å². The number of carboxylic acids is 1. The minimum absolute atomic E-state index is 0.174. The summed E-state index contributed by atoms with van der Waals surface area (Å²) in [5.74, 6) is -1.09. The van der Waals surface area contributed by atoms with Gasteiger partial charge in [0.2, 0.25) is 0 Å². The van der Waals surface area contributed by atoms with Gasteiger partial charge in [0.25, 0.3) is 0 Å². The van der Waals surface area contributed by atoms with Gasteiger partial charge in [-0.05, 0) is 51.0 Å². The predicted octanol–water partition coefficient (Wildman–Crippen LogP) is 3.42. The summed E-state index contributed by atoms with van der Waals surface area (Å²) >= 11 is 0. The minimum Gasteiger partial charge on any atom is -0.493 e. The zero-order valence-corrected chi connectivity index (χ0v) is 21.1. The van der Waals surface area contributed by atoms with Gasteiger partial charge in [-0.1, -0.05) is 36.8 Å². The fourth-order valence-electron chi connectivity index (χ4n) is 3.42. The molecule has 0 bridgehead atoms. The van der Waals surface area contributed by atoms with E-state index in [1.807, 2.05) is 38.1 Å². The molecule has 0 aliphatic carbocycles. The molecule has 0 atom stereocenters. The van der Waals surface area contributed by atoms with Gasteiger partial charge in [0.05, 0.1) is 19.2 Å². The van der Waals surface area contributed by atoms with Gasteiger partial charge < -0.3 is 19.3 Å². The molecule has 36 heavy (non-hydrogen) atoms. The number of nitrogens with zero attached hydrogens (tertiary/aromatic N) is 3. The van der Waals surface area contributed by atoms with Crippen LogP contribution in [0.1, 0.15) is 54.5 Å². The van der Waals surface area contributed by atoms with Crippen LogP contribution in [0.4, 0.5) is 0 Å². The molecule has 10 heteroatoms. The van der Waals surface area contributed by atoms with E-state index in [2.05, 4.69) is 5.10 Å². The van der Waals surface area contributed by atoms with E-state index in [0.29, 0.717) is 25.3 Å². The van der Waals surface area contributed by atoms with E-state index in [-0.39, 0.29) is 29.4 Å². The van der Waals surface area contributed by atoms with Crippen LogP contribution in [-0.4, -0.2) is 44.1 Å². The molecule has 0 spiro atoms. The lowest BCUT2D eigenvalue weighted by atomic mass is 10.1. The Balaban J connectivity index is 1.77. The van der Waals surface area contributed by atoms with Crippen LogP contribution in [0.5, 0.6) is 11.5 Å². The van der Waals surface area contributed by atoms with Crippen molar-refractivity contribution in [1.82, 2.24) is 14.3 Å². The quantitative estimate of drug-likeness (QED) is 0.400. The Morgan fingerprint density at radius 3 is 2.39 bits per heavy atom. The number of carbonyl (C=O) groups excluding carboxylic acids is 1. The Morgan fingerprint density at radius 1 is 1.08 bits per heavy atom. The summed E-state index contributed by atoms with van der Waals surface area (Å²) in [5, 5.41) is 13.7. The lowest BCUT2D eigenvalue weighted by Crippen LogP contribution is -2.38. The molecule has 10 nitrogen and oxygen atoms in total. The van der Waals surface area contributed by atoms with Gasteiger partial charge in [-0.25, -0.2) is 19.1 Å². The lowest BCUT2D eigenvalue weighted by Gasteiger charge is -2.23. The average molecular weight is 498 g/mol. The third kappa shape index (κ3) is 6.12. The number of methoxy groups -OCH3 is 1. The molecule has 3 aromatic rings. The summed E-state index contributed by atoms with van der Waals surface area (Å²) in [6.45, 7) is 7.31. The molecule has 192 valence electrons. The predicted molar refractivity (Wildman–Crippen MR) is 132 cm³/mol. The fraction of sp³-hybridized carbons (Fsp3) is 0.385. The van der Waals surface area contributed by atoms with E-state index in [1.165, 1.54) is 48.4 Å². The number of carbonyl (C=O) groups is 2. The lowest BCUT2D eigenvalue weighted by molar-refractivity contribution is -0.152. The van der Waals surface area contributed by atoms with Gasteiger partial charge in [0, 0.05) is 6.54 Å². The van der Waals surface area contributed by atoms with Crippen molar-refractivity contribution in [3.8, 4) is 11.5 Å². The van der Waals surface area contributed by atoms with E-state index in [0.717, 1.165) is 11.1 Å². The molecule has 0 amide bonds. The zero-order chi connectivity index (χ0) is 26.5. The van der Waals surface area contributed by atoms with Crippen LogP contribution < -0.4 is 15.2 Å². The van der Waals surface area contributed by atoms with Gasteiger partial charge in [-0.15, -0.1) is 0 Å². The first-order valence-corrected chi connectivity index (χ1v) is 11.5. The van der Waals surface area contributed by atoms with Crippen LogP contribution in [0.2, 0.25) is 0 Å². The Kier molecular flexibility index (Phi) is 8.18. The fourth-order valence-corrected chi connectivity index (χ4v) is 3.42. The first kappa shape index (κ1) is 26.5. The highest BCUT2D eigenvalue weighted by Crippen LogP contribution is 2.31. The van der Waals surface area contributed by atoms with Crippen molar-refractivity contribution in [2.75, 3.05) is 7.11 Å². The molecule has 0 radical (unpaired) electrons. The van der Waals surface area contributed by atoms with E-state index in [4.69, 9.17) is 14.2 Å². The molecule has 0 saturated heterocycles. The van der Waals surface area contributed by atoms with Gasteiger partial charge in [-0.2, -0.15) is 5.10 Å². The van der Waals surface area contributed by atoms with Gasteiger partial charge >= 0.3 is 17.6 Å². The smallest absolute Gasteiger partial charge is 0.347 e. The van der Waals surface area contributed by atoms with Crippen molar-refractivity contribution in [2.45, 2.75) is 59.4 Å². The number of benzene rings is 2. The highest BCUT2D eigenvalue weighted by Gasteiger charge is 2.30. The van der Waals surface area contributed by atoms with Crippen LogP contribution in [0.3, 0.4) is 0 Å². The van der Waals surface area contributed by atoms with Gasteiger partial charge in [0.15, 0.2) is 29.5 Å². The molecule has 1 heterocycles. The molecule has 1 aromatic heterocycles. The first-order valence-electron chi connectivity index (χ1n) is 11.5. The molecule has 0 fully saturated rings. The summed E-state index contributed by atoms with van der Waals surface area (Å²) in [5.41, 5.74) is 0.476. The summed E-state index contributed by atoms with van der Waals surface area (Å²) < 4.78 is 19.1. The number of aliphatic carboxylic acids is 1. The van der Waals surface area contributed by atoms with Crippen molar-refractivity contribution in [3.63, 3.8) is 0 Å². The summed E-state index contributed by atoms with van der Waals surface area (Å²) in [4.78, 5) is 37.0. The van der Waals surface area contributed by atoms with Crippen LogP contribution in [0.15, 0.2) is 47.3 Å². The van der Waals surface area contributed by atoms with Crippen molar-refractivity contribution in [2.24, 2.45) is 0 Å². The molecule has 0 aliphatic rings. The van der Waals surface area contributed by atoms with Crippen molar-refractivity contribution in [3.05, 3.63) is 75.5 Å². The summed E-state index contributed by atoms with van der Waals surface area (Å²) in [7, 11) is 1.38. The maximum absolute atomic E-state index is 12.9. The topological polar surface area (TPSA) is 122 Å². The van der Waals surface area contributed by atoms with Gasteiger partial charge in [-0.3, -0.25) is 4.57 Å². The van der Waals surface area contributed by atoms with Crippen molar-refractivity contribution in [1.29, 1.82) is 0 Å². The molecular formula is C26H31N3O7. The number of ether oxygens (including phenoxy) is 3. The maximum Gasteiger partial charge on any atom is 0.347 e. The highest BCUT2D eigenvalue weighted by molar-refractivity contribution is 5.90. The highest BCUT2D eigenvalue weighted by atomic mass is 16.5. The molecule has 1 N–H and O–H groups in total. The van der Waals surface area contributed by atoms with Crippen LogP contribution in [0.25, 0.3) is 0 Å². The van der Waals surface area contributed by atoms with Crippen LogP contribution in [-0.2, 0) is 29.2 Å². The monoisotopic (exact) mass is 497 g/mol. The molecule has 3 rings (SSSR count). The Labute approximate surface area is 209 Å². The number of carboxylic acid groups (broad SMARTS) is 1. The van der Waals surface area contributed by atoms with Crippen molar-refractivity contribution < 1.29 is 28.9 Å². The van der Waals surface area contributed by atoms with Crippen LogP contribution >= 0.6 is 0 Å². The summed E-state index contributed by atoms with van der Waals surface area (Å²) in [6, 6.07) is 12.1. The number of esters is 1. The number of hydrogen-bond acceptors (Lipinski definition) is 7. The third-order valence-corrected chi connectivity index (χ3v) is 5.51. The Hall–Kier alpha value is -4.08. The van der Waals surface area contributed by atoms with E-state index in [1.54, 1.807) is 0 Å².